The highest BCUT2D eigenvalue weighted by atomic mass is 16.5. The number of rotatable bonds is 1. The van der Waals surface area contributed by atoms with Crippen LogP contribution in [0, 0.1) is 17.2 Å². The monoisotopic (exact) mass is 429 g/mol. The highest BCUT2D eigenvalue weighted by Gasteiger charge is 2.34. The lowest BCUT2D eigenvalue weighted by Crippen LogP contribution is -2.49. The summed E-state index contributed by atoms with van der Waals surface area (Å²) in [6.45, 7) is 2.88. The van der Waals surface area contributed by atoms with Crippen LogP contribution in [-0.4, -0.2) is 80.8 Å². The van der Waals surface area contributed by atoms with E-state index in [-0.39, 0.29) is 36.7 Å². The molecule has 0 N–H and O–H groups in total. The van der Waals surface area contributed by atoms with Gasteiger partial charge >= 0.3 is 0 Å². The van der Waals surface area contributed by atoms with Gasteiger partial charge in [-0.2, -0.15) is 5.26 Å². The highest BCUT2D eigenvalue weighted by molar-refractivity contribution is 5.97. The molecule has 2 bridgehead atoms. The van der Waals surface area contributed by atoms with Gasteiger partial charge in [-0.1, -0.05) is 6.92 Å². The van der Waals surface area contributed by atoms with E-state index in [1.807, 2.05) is 6.92 Å². The Hall–Kier alpha value is -2.63. The van der Waals surface area contributed by atoms with E-state index >= 15 is 0 Å². The van der Waals surface area contributed by atoms with Gasteiger partial charge in [-0.05, 0) is 31.0 Å². The van der Waals surface area contributed by atoms with Crippen molar-refractivity contribution in [1.29, 1.82) is 5.26 Å². The minimum atomic E-state index is -0.395. The van der Waals surface area contributed by atoms with Crippen molar-refractivity contribution in [2.45, 2.75) is 44.5 Å². The zero-order chi connectivity index (χ0) is 22.5. The zero-order valence-electron chi connectivity index (χ0n) is 18.7. The van der Waals surface area contributed by atoms with Gasteiger partial charge < -0.3 is 24.0 Å². The van der Waals surface area contributed by atoms with Crippen LogP contribution in [0.3, 0.4) is 0 Å². The molecule has 0 unspecified atom stereocenters. The summed E-state index contributed by atoms with van der Waals surface area (Å²) in [4.78, 5) is 29.2. The molecule has 1 saturated heterocycles. The molecule has 1 aromatic rings. The third kappa shape index (κ3) is 5.35. The van der Waals surface area contributed by atoms with E-state index < -0.39 is 5.92 Å². The predicted molar refractivity (Wildman–Crippen MR) is 114 cm³/mol. The molecule has 2 heterocycles. The summed E-state index contributed by atoms with van der Waals surface area (Å²) in [7, 11) is 5.09. The van der Waals surface area contributed by atoms with E-state index in [4.69, 9.17) is 14.2 Å². The van der Waals surface area contributed by atoms with Crippen molar-refractivity contribution in [3.63, 3.8) is 0 Å². The predicted octanol–water partition coefficient (Wildman–Crippen LogP) is 2.07. The topological polar surface area (TPSA) is 92.1 Å². The van der Waals surface area contributed by atoms with Crippen LogP contribution in [0.4, 0.5) is 0 Å². The number of amides is 2. The molecule has 0 radical (unpaired) electrons. The fraction of sp³-hybridized carbons (Fsp3) is 0.609. The van der Waals surface area contributed by atoms with E-state index in [2.05, 4.69) is 6.07 Å². The maximum Gasteiger partial charge on any atom is 0.257 e. The average Bonchev–Trinajstić information content (AvgIpc) is 2.77. The lowest BCUT2D eigenvalue weighted by Gasteiger charge is -2.38. The number of nitriles is 1. The van der Waals surface area contributed by atoms with Gasteiger partial charge in [0.1, 0.15) is 11.9 Å². The van der Waals surface area contributed by atoms with Gasteiger partial charge in [-0.15, -0.1) is 0 Å². The van der Waals surface area contributed by atoms with Crippen molar-refractivity contribution < 1.29 is 23.8 Å². The van der Waals surface area contributed by atoms with Crippen LogP contribution in [0.25, 0.3) is 0 Å². The van der Waals surface area contributed by atoms with Crippen molar-refractivity contribution in [3.05, 3.63) is 29.3 Å². The first kappa shape index (κ1) is 23.0. The first-order valence-corrected chi connectivity index (χ1v) is 10.7. The van der Waals surface area contributed by atoms with Crippen LogP contribution < -0.4 is 4.74 Å². The molecule has 2 aliphatic rings. The van der Waals surface area contributed by atoms with Crippen molar-refractivity contribution in [2.75, 3.05) is 40.9 Å². The van der Waals surface area contributed by atoms with Gasteiger partial charge in [0.25, 0.3) is 5.91 Å². The molecular weight excluding hydrogens is 398 g/mol. The van der Waals surface area contributed by atoms with Crippen molar-refractivity contribution in [2.24, 2.45) is 5.92 Å². The standard InChI is InChI=1S/C23H31N3O5/c1-15-13-25(2)23(28)18-11-16(12-24)5-7-19(18)30-10-9-17-6-8-20(29-4)21(31-17)14-26(3)22(15)27/h5,7,11,15,17,20-21H,6,8-10,13-14H2,1-4H3/t15-,17+,20+,21-/m1/s1. The summed E-state index contributed by atoms with van der Waals surface area (Å²) in [5.41, 5.74) is 0.709. The number of fused-ring (bicyclic) bond motifs is 3. The van der Waals surface area contributed by atoms with Crippen molar-refractivity contribution in [1.82, 2.24) is 9.80 Å². The van der Waals surface area contributed by atoms with E-state index in [0.717, 1.165) is 12.8 Å². The lowest BCUT2D eigenvalue weighted by atomic mass is 9.98. The fourth-order valence-electron chi connectivity index (χ4n) is 4.29. The number of methoxy groups -OCH3 is 1. The lowest BCUT2D eigenvalue weighted by molar-refractivity contribution is -0.152. The van der Waals surface area contributed by atoms with Gasteiger partial charge in [-0.3, -0.25) is 9.59 Å². The van der Waals surface area contributed by atoms with E-state index in [1.165, 1.54) is 4.90 Å². The average molecular weight is 430 g/mol. The summed E-state index contributed by atoms with van der Waals surface area (Å²) >= 11 is 0. The first-order valence-electron chi connectivity index (χ1n) is 10.7. The summed E-state index contributed by atoms with van der Waals surface area (Å²) in [6.07, 6.45) is 2.07. The van der Waals surface area contributed by atoms with Gasteiger partial charge in [0.2, 0.25) is 5.91 Å². The van der Waals surface area contributed by atoms with Crippen LogP contribution in [0.1, 0.15) is 42.1 Å². The third-order valence-corrected chi connectivity index (χ3v) is 6.04. The normalized spacial score (nSPS) is 28.1. The second-order valence-corrected chi connectivity index (χ2v) is 8.41. The summed E-state index contributed by atoms with van der Waals surface area (Å²) < 4.78 is 17.8. The van der Waals surface area contributed by atoms with Crippen molar-refractivity contribution >= 4 is 11.8 Å². The van der Waals surface area contributed by atoms with Gasteiger partial charge in [0.15, 0.2) is 0 Å². The number of ether oxygens (including phenoxy) is 3. The Labute approximate surface area is 183 Å². The number of nitrogens with zero attached hydrogens (tertiary/aromatic N) is 3. The Morgan fingerprint density at radius 1 is 1.13 bits per heavy atom. The molecule has 1 fully saturated rings. The highest BCUT2D eigenvalue weighted by Crippen LogP contribution is 2.27. The number of hydrogen-bond donors (Lipinski definition) is 0. The first-order chi connectivity index (χ1) is 14.8. The Balaban J connectivity index is 1.90. The molecule has 3 rings (SSSR count). The molecule has 2 amide bonds. The van der Waals surface area contributed by atoms with Crippen LogP contribution >= 0.6 is 0 Å². The second kappa shape index (κ2) is 10.1. The minimum absolute atomic E-state index is 0.0114. The molecule has 0 aliphatic carbocycles. The summed E-state index contributed by atoms with van der Waals surface area (Å²) in [5.74, 6) is -0.298. The molecule has 0 aromatic heterocycles. The molecule has 31 heavy (non-hydrogen) atoms. The molecule has 8 heteroatoms. The number of benzene rings is 1. The molecule has 4 atom stereocenters. The van der Waals surface area contributed by atoms with Gasteiger partial charge in [-0.25, -0.2) is 0 Å². The molecule has 1 aromatic carbocycles. The molecule has 8 nitrogen and oxygen atoms in total. The Kier molecular flexibility index (Phi) is 7.52. The molecule has 2 aliphatic heterocycles. The number of hydrogen-bond acceptors (Lipinski definition) is 6. The fourth-order valence-corrected chi connectivity index (χ4v) is 4.29. The van der Waals surface area contributed by atoms with Gasteiger partial charge in [0, 0.05) is 40.7 Å². The van der Waals surface area contributed by atoms with Crippen LogP contribution in [0.15, 0.2) is 18.2 Å². The number of carbonyl (C=O) groups is 2. The van der Waals surface area contributed by atoms with Crippen LogP contribution in [0.5, 0.6) is 5.75 Å². The minimum Gasteiger partial charge on any atom is -0.493 e. The van der Waals surface area contributed by atoms with Crippen LogP contribution in [-0.2, 0) is 14.3 Å². The molecule has 0 spiro atoms. The number of likely N-dealkylation sites (N-methyl/N-ethyl adjacent to an activating group) is 1. The summed E-state index contributed by atoms with van der Waals surface area (Å²) in [5, 5.41) is 9.25. The smallest absolute Gasteiger partial charge is 0.257 e. The van der Waals surface area contributed by atoms with E-state index in [9.17, 15) is 14.9 Å². The molecular formula is C23H31N3O5. The third-order valence-electron chi connectivity index (χ3n) is 6.04. The SMILES string of the molecule is CO[C@H]1CC[C@H]2CCOc3ccc(C#N)cc3C(=O)N(C)C[C@@H](C)C(=O)N(C)C[C@H]1O2. The number of carbonyl (C=O) groups excluding carboxylic acids is 2. The Morgan fingerprint density at radius 2 is 1.90 bits per heavy atom. The van der Waals surface area contributed by atoms with E-state index in [0.29, 0.717) is 36.4 Å². The van der Waals surface area contributed by atoms with Crippen LogP contribution in [0.2, 0.25) is 0 Å². The summed E-state index contributed by atoms with van der Waals surface area (Å²) in [6, 6.07) is 6.90. The Morgan fingerprint density at radius 3 is 2.61 bits per heavy atom. The zero-order valence-corrected chi connectivity index (χ0v) is 18.7. The molecule has 168 valence electrons. The van der Waals surface area contributed by atoms with Gasteiger partial charge in [0.05, 0.1) is 41.9 Å². The Bertz CT molecular complexity index is 852. The van der Waals surface area contributed by atoms with E-state index in [1.54, 1.807) is 44.3 Å². The van der Waals surface area contributed by atoms with Crippen molar-refractivity contribution in [3.8, 4) is 11.8 Å². The largest absolute Gasteiger partial charge is 0.493 e. The quantitative estimate of drug-likeness (QED) is 0.679. The molecule has 0 saturated carbocycles. The maximum atomic E-state index is 13.1. The second-order valence-electron chi connectivity index (χ2n) is 8.41. The maximum absolute atomic E-state index is 13.1.